The van der Waals surface area contributed by atoms with E-state index in [1.54, 1.807) is 6.07 Å². The molecule has 1 aromatic carbocycles. The standard InChI is InChI=1S/C15H21BrFNO/c1-2-8-18-9-6-15(19,7-10-18)11-12-4-3-5-13(17)14(12)16/h3-5,19H,2,6-11H2,1H3. The van der Waals surface area contributed by atoms with Crippen molar-refractivity contribution >= 4 is 15.9 Å². The van der Waals surface area contributed by atoms with E-state index in [1.807, 2.05) is 6.07 Å². The van der Waals surface area contributed by atoms with Gasteiger partial charge in [-0.1, -0.05) is 19.1 Å². The van der Waals surface area contributed by atoms with Gasteiger partial charge in [0.25, 0.3) is 0 Å². The van der Waals surface area contributed by atoms with Gasteiger partial charge < -0.3 is 10.0 Å². The molecule has 1 aliphatic rings. The van der Waals surface area contributed by atoms with E-state index in [0.717, 1.165) is 44.5 Å². The minimum Gasteiger partial charge on any atom is -0.389 e. The number of likely N-dealkylation sites (tertiary alicyclic amines) is 1. The van der Waals surface area contributed by atoms with Crippen LogP contribution in [0.25, 0.3) is 0 Å². The van der Waals surface area contributed by atoms with Crippen molar-refractivity contribution in [2.45, 2.75) is 38.2 Å². The van der Waals surface area contributed by atoms with Crippen LogP contribution in [0.1, 0.15) is 31.7 Å². The number of hydrogen-bond donors (Lipinski definition) is 1. The molecule has 1 aliphatic heterocycles. The van der Waals surface area contributed by atoms with Crippen molar-refractivity contribution in [2.24, 2.45) is 0 Å². The van der Waals surface area contributed by atoms with E-state index in [9.17, 15) is 9.50 Å². The molecule has 0 unspecified atom stereocenters. The van der Waals surface area contributed by atoms with Gasteiger partial charge in [0.05, 0.1) is 10.1 Å². The second-order valence-corrected chi connectivity index (χ2v) is 6.25. The Hall–Kier alpha value is -0.450. The van der Waals surface area contributed by atoms with Crippen LogP contribution in [0.4, 0.5) is 4.39 Å². The summed E-state index contributed by atoms with van der Waals surface area (Å²) in [4.78, 5) is 2.38. The first-order valence-corrected chi connectivity index (χ1v) is 7.71. The zero-order chi connectivity index (χ0) is 13.9. The first-order valence-electron chi connectivity index (χ1n) is 6.92. The van der Waals surface area contributed by atoms with Crippen LogP contribution in [0.5, 0.6) is 0 Å². The van der Waals surface area contributed by atoms with E-state index < -0.39 is 5.60 Å². The minimum atomic E-state index is -0.694. The van der Waals surface area contributed by atoms with E-state index in [0.29, 0.717) is 10.9 Å². The molecule has 1 N–H and O–H groups in total. The highest BCUT2D eigenvalue weighted by Crippen LogP contribution is 2.30. The molecule has 0 spiro atoms. The predicted octanol–water partition coefficient (Wildman–Crippen LogP) is 3.37. The average molecular weight is 330 g/mol. The third-order valence-electron chi connectivity index (χ3n) is 3.88. The largest absolute Gasteiger partial charge is 0.389 e. The summed E-state index contributed by atoms with van der Waals surface area (Å²) >= 11 is 3.27. The summed E-state index contributed by atoms with van der Waals surface area (Å²) < 4.78 is 14.0. The fourth-order valence-corrected chi connectivity index (χ4v) is 3.13. The molecule has 0 amide bonds. The van der Waals surface area contributed by atoms with Crippen LogP contribution in [0, 0.1) is 5.82 Å². The summed E-state index contributed by atoms with van der Waals surface area (Å²) in [7, 11) is 0. The van der Waals surface area contributed by atoms with Crippen LogP contribution in [0.2, 0.25) is 0 Å². The van der Waals surface area contributed by atoms with Gasteiger partial charge in [-0.15, -0.1) is 0 Å². The fraction of sp³-hybridized carbons (Fsp3) is 0.600. The quantitative estimate of drug-likeness (QED) is 0.915. The second-order valence-electron chi connectivity index (χ2n) is 5.46. The topological polar surface area (TPSA) is 23.5 Å². The molecule has 2 nitrogen and oxygen atoms in total. The molecule has 19 heavy (non-hydrogen) atoms. The maximum atomic E-state index is 13.5. The lowest BCUT2D eigenvalue weighted by Gasteiger charge is -2.38. The number of rotatable bonds is 4. The summed E-state index contributed by atoms with van der Waals surface area (Å²) in [5.41, 5.74) is 0.159. The minimum absolute atomic E-state index is 0.260. The van der Waals surface area contributed by atoms with Crippen molar-refractivity contribution in [3.8, 4) is 0 Å². The highest BCUT2D eigenvalue weighted by molar-refractivity contribution is 9.10. The van der Waals surface area contributed by atoms with Crippen LogP contribution in [-0.4, -0.2) is 35.2 Å². The van der Waals surface area contributed by atoms with Gasteiger partial charge in [0.15, 0.2) is 0 Å². The Morgan fingerprint density at radius 1 is 1.37 bits per heavy atom. The molecule has 0 saturated carbocycles. The van der Waals surface area contributed by atoms with Crippen molar-refractivity contribution < 1.29 is 9.50 Å². The zero-order valence-corrected chi connectivity index (χ0v) is 12.9. The molecule has 1 heterocycles. The van der Waals surface area contributed by atoms with E-state index in [4.69, 9.17) is 0 Å². The molecule has 1 saturated heterocycles. The van der Waals surface area contributed by atoms with Crippen LogP contribution >= 0.6 is 15.9 Å². The molecule has 4 heteroatoms. The zero-order valence-electron chi connectivity index (χ0n) is 11.3. The molecular weight excluding hydrogens is 309 g/mol. The van der Waals surface area contributed by atoms with Crippen molar-refractivity contribution in [2.75, 3.05) is 19.6 Å². The van der Waals surface area contributed by atoms with Crippen LogP contribution in [0.15, 0.2) is 22.7 Å². The lowest BCUT2D eigenvalue weighted by atomic mass is 9.85. The number of piperidine rings is 1. The number of hydrogen-bond acceptors (Lipinski definition) is 2. The maximum Gasteiger partial charge on any atom is 0.137 e. The monoisotopic (exact) mass is 329 g/mol. The van der Waals surface area contributed by atoms with E-state index in [-0.39, 0.29) is 5.82 Å². The van der Waals surface area contributed by atoms with Crippen molar-refractivity contribution in [1.82, 2.24) is 4.90 Å². The first kappa shape index (κ1) is 14.9. The number of nitrogens with zero attached hydrogens (tertiary/aromatic N) is 1. The molecule has 2 rings (SSSR count). The number of benzene rings is 1. The Morgan fingerprint density at radius 3 is 2.68 bits per heavy atom. The summed E-state index contributed by atoms with van der Waals surface area (Å²) in [5, 5.41) is 10.7. The molecule has 0 aliphatic carbocycles. The molecule has 1 fully saturated rings. The van der Waals surface area contributed by atoms with Gasteiger partial charge in [0, 0.05) is 19.5 Å². The molecule has 0 atom stereocenters. The SMILES string of the molecule is CCCN1CCC(O)(Cc2cccc(F)c2Br)CC1. The van der Waals surface area contributed by atoms with E-state index >= 15 is 0 Å². The maximum absolute atomic E-state index is 13.5. The Morgan fingerprint density at radius 2 is 2.05 bits per heavy atom. The first-order chi connectivity index (χ1) is 9.04. The predicted molar refractivity (Wildman–Crippen MR) is 78.7 cm³/mol. The molecule has 106 valence electrons. The van der Waals surface area contributed by atoms with Gasteiger partial charge >= 0.3 is 0 Å². The Kier molecular flexibility index (Phi) is 4.98. The number of halogens is 2. The second kappa shape index (κ2) is 6.33. The van der Waals surface area contributed by atoms with Crippen LogP contribution in [0.3, 0.4) is 0 Å². The van der Waals surface area contributed by atoms with Crippen molar-refractivity contribution in [3.63, 3.8) is 0 Å². The van der Waals surface area contributed by atoms with Crippen LogP contribution in [-0.2, 0) is 6.42 Å². The highest BCUT2D eigenvalue weighted by Gasteiger charge is 2.32. The van der Waals surface area contributed by atoms with E-state index in [2.05, 4.69) is 27.8 Å². The summed E-state index contributed by atoms with van der Waals surface area (Å²) in [6, 6.07) is 5.01. The third kappa shape index (κ3) is 3.77. The summed E-state index contributed by atoms with van der Waals surface area (Å²) in [6.45, 7) is 5.12. The summed E-state index contributed by atoms with van der Waals surface area (Å²) in [6.07, 6.45) is 3.19. The van der Waals surface area contributed by atoms with Gasteiger partial charge in [0.2, 0.25) is 0 Å². The smallest absolute Gasteiger partial charge is 0.137 e. The van der Waals surface area contributed by atoms with Gasteiger partial charge in [0.1, 0.15) is 5.82 Å². The Bertz CT molecular complexity index is 430. The fourth-order valence-electron chi connectivity index (χ4n) is 2.73. The lowest BCUT2D eigenvalue weighted by molar-refractivity contribution is -0.0206. The van der Waals surface area contributed by atoms with Gasteiger partial charge in [-0.2, -0.15) is 0 Å². The molecule has 1 aromatic rings. The molecule has 0 bridgehead atoms. The average Bonchev–Trinajstić information content (AvgIpc) is 2.38. The Balaban J connectivity index is 2.01. The Labute approximate surface area is 122 Å². The van der Waals surface area contributed by atoms with Crippen LogP contribution < -0.4 is 0 Å². The molecule has 0 radical (unpaired) electrons. The van der Waals surface area contributed by atoms with Gasteiger partial charge in [-0.3, -0.25) is 0 Å². The van der Waals surface area contributed by atoms with Crippen molar-refractivity contribution in [1.29, 1.82) is 0 Å². The molecule has 0 aromatic heterocycles. The molecular formula is C15H21BrFNO. The van der Waals surface area contributed by atoms with Gasteiger partial charge in [-0.05, 0) is 53.4 Å². The van der Waals surface area contributed by atoms with E-state index in [1.165, 1.54) is 6.07 Å². The highest BCUT2D eigenvalue weighted by atomic mass is 79.9. The van der Waals surface area contributed by atoms with Gasteiger partial charge in [-0.25, -0.2) is 4.39 Å². The normalized spacial score (nSPS) is 19.6. The lowest BCUT2D eigenvalue weighted by Crippen LogP contribution is -2.45. The third-order valence-corrected chi connectivity index (χ3v) is 4.77. The number of aliphatic hydroxyl groups is 1. The van der Waals surface area contributed by atoms with Crippen molar-refractivity contribution in [3.05, 3.63) is 34.1 Å². The summed E-state index contributed by atoms with van der Waals surface area (Å²) in [5.74, 6) is -0.260.